The molecule has 0 atom stereocenters. The molecular weight excluding hydrogens is 248 g/mol. The van der Waals surface area contributed by atoms with Crippen LogP contribution in [0.25, 0.3) is 0 Å². The Morgan fingerprint density at radius 3 is 1.95 bits per heavy atom. The van der Waals surface area contributed by atoms with Gasteiger partial charge in [0.05, 0.1) is 0 Å². The number of hydrogen-bond donors (Lipinski definition) is 0. The third kappa shape index (κ3) is 3.97. The molecule has 2 fully saturated rings. The van der Waals surface area contributed by atoms with Crippen molar-refractivity contribution in [2.75, 3.05) is 32.7 Å². The molecule has 0 aromatic rings. The highest BCUT2D eigenvalue weighted by Gasteiger charge is 2.52. The van der Waals surface area contributed by atoms with E-state index >= 15 is 0 Å². The van der Waals surface area contributed by atoms with E-state index in [2.05, 4.69) is 51.3 Å². The quantitative estimate of drug-likeness (QED) is 0.793. The third-order valence-corrected chi connectivity index (χ3v) is 4.38. The van der Waals surface area contributed by atoms with Crippen LogP contribution in [0.3, 0.4) is 0 Å². The standard InChI is InChI=1S/C17H32N2O/c1-15(2,3)7-8-18-10-17(11-18)12-19(13-17)14(20)9-16(4,5)6/h7-13H2,1-6H3. The zero-order valence-corrected chi connectivity index (χ0v) is 14.3. The van der Waals surface area contributed by atoms with Gasteiger partial charge in [0.15, 0.2) is 0 Å². The molecule has 2 saturated heterocycles. The van der Waals surface area contributed by atoms with Crippen LogP contribution in [0.15, 0.2) is 0 Å². The maximum Gasteiger partial charge on any atom is 0.223 e. The summed E-state index contributed by atoms with van der Waals surface area (Å²) in [4.78, 5) is 16.7. The lowest BCUT2D eigenvalue weighted by molar-refractivity contribution is -0.161. The summed E-state index contributed by atoms with van der Waals surface area (Å²) in [5.41, 5.74) is 0.987. The molecule has 2 aliphatic heterocycles. The SMILES string of the molecule is CC(C)(C)CCN1CC2(C1)CN(C(=O)CC(C)(C)C)C2. The summed E-state index contributed by atoms with van der Waals surface area (Å²) in [5.74, 6) is 0.344. The molecule has 20 heavy (non-hydrogen) atoms. The van der Waals surface area contributed by atoms with Crippen LogP contribution in [0, 0.1) is 16.2 Å². The van der Waals surface area contributed by atoms with E-state index in [0.29, 0.717) is 23.2 Å². The molecule has 0 radical (unpaired) electrons. The average Bonchev–Trinajstić information content (AvgIpc) is 2.07. The second-order valence-corrected chi connectivity index (χ2v) is 9.51. The van der Waals surface area contributed by atoms with Gasteiger partial charge < -0.3 is 9.80 Å². The van der Waals surface area contributed by atoms with Gasteiger partial charge in [0.25, 0.3) is 0 Å². The molecule has 0 unspecified atom stereocenters. The molecule has 0 aliphatic carbocycles. The van der Waals surface area contributed by atoms with E-state index in [1.165, 1.54) is 26.1 Å². The van der Waals surface area contributed by atoms with E-state index < -0.39 is 0 Å². The first-order valence-electron chi connectivity index (χ1n) is 7.98. The van der Waals surface area contributed by atoms with Crippen molar-refractivity contribution in [3.63, 3.8) is 0 Å². The number of likely N-dealkylation sites (tertiary alicyclic amines) is 2. The van der Waals surface area contributed by atoms with Gasteiger partial charge in [-0.25, -0.2) is 0 Å². The Morgan fingerprint density at radius 2 is 1.50 bits per heavy atom. The highest BCUT2D eigenvalue weighted by Crippen LogP contribution is 2.41. The number of carbonyl (C=O) groups is 1. The Labute approximate surface area is 124 Å². The summed E-state index contributed by atoms with van der Waals surface area (Å²) in [5, 5.41) is 0. The van der Waals surface area contributed by atoms with Gasteiger partial charge in [-0.2, -0.15) is 0 Å². The highest BCUT2D eigenvalue weighted by atomic mass is 16.2. The predicted molar refractivity (Wildman–Crippen MR) is 83.6 cm³/mol. The van der Waals surface area contributed by atoms with Gasteiger partial charge in [0.1, 0.15) is 0 Å². The summed E-state index contributed by atoms with van der Waals surface area (Å²) < 4.78 is 0. The fourth-order valence-electron chi connectivity index (χ4n) is 3.26. The summed E-state index contributed by atoms with van der Waals surface area (Å²) in [6, 6.07) is 0. The molecule has 0 saturated carbocycles. The number of amides is 1. The Balaban J connectivity index is 1.67. The van der Waals surface area contributed by atoms with Crippen LogP contribution in [-0.4, -0.2) is 48.4 Å². The minimum absolute atomic E-state index is 0.109. The van der Waals surface area contributed by atoms with E-state index in [9.17, 15) is 4.79 Å². The second-order valence-electron chi connectivity index (χ2n) is 9.51. The van der Waals surface area contributed by atoms with Crippen molar-refractivity contribution in [1.82, 2.24) is 9.80 Å². The Bertz CT molecular complexity index is 361. The molecule has 0 aromatic carbocycles. The summed E-state index contributed by atoms with van der Waals surface area (Å²) in [6.45, 7) is 18.9. The lowest BCUT2D eigenvalue weighted by Gasteiger charge is -2.60. The lowest BCUT2D eigenvalue weighted by atomic mass is 9.72. The van der Waals surface area contributed by atoms with Gasteiger partial charge in [0, 0.05) is 38.0 Å². The molecule has 2 heterocycles. The molecular formula is C17H32N2O. The molecule has 2 rings (SSSR count). The van der Waals surface area contributed by atoms with Crippen LogP contribution >= 0.6 is 0 Å². The summed E-state index contributed by atoms with van der Waals surface area (Å²) in [7, 11) is 0. The monoisotopic (exact) mass is 280 g/mol. The zero-order valence-electron chi connectivity index (χ0n) is 14.3. The molecule has 0 bridgehead atoms. The average molecular weight is 280 g/mol. The summed E-state index contributed by atoms with van der Waals surface area (Å²) >= 11 is 0. The van der Waals surface area contributed by atoms with Crippen molar-refractivity contribution in [2.45, 2.75) is 54.4 Å². The minimum atomic E-state index is 0.109. The fraction of sp³-hybridized carbons (Fsp3) is 0.941. The second kappa shape index (κ2) is 5.01. The van der Waals surface area contributed by atoms with Crippen molar-refractivity contribution in [2.24, 2.45) is 16.2 Å². The largest absolute Gasteiger partial charge is 0.341 e. The molecule has 1 spiro atoms. The lowest BCUT2D eigenvalue weighted by Crippen LogP contribution is -2.73. The van der Waals surface area contributed by atoms with Crippen LogP contribution in [0.4, 0.5) is 0 Å². The van der Waals surface area contributed by atoms with Crippen LogP contribution in [-0.2, 0) is 4.79 Å². The number of nitrogens with zero attached hydrogens (tertiary/aromatic N) is 2. The number of rotatable bonds is 3. The number of carbonyl (C=O) groups excluding carboxylic acids is 1. The van der Waals surface area contributed by atoms with Crippen molar-refractivity contribution >= 4 is 5.91 Å². The van der Waals surface area contributed by atoms with Gasteiger partial charge in [0.2, 0.25) is 5.91 Å². The minimum Gasteiger partial charge on any atom is -0.341 e. The van der Waals surface area contributed by atoms with E-state index in [0.717, 1.165) is 13.1 Å². The molecule has 3 nitrogen and oxygen atoms in total. The van der Waals surface area contributed by atoms with Gasteiger partial charge in [-0.05, 0) is 23.8 Å². The summed E-state index contributed by atoms with van der Waals surface area (Å²) in [6.07, 6.45) is 1.94. The maximum atomic E-state index is 12.1. The van der Waals surface area contributed by atoms with E-state index in [1.807, 2.05) is 0 Å². The van der Waals surface area contributed by atoms with Crippen molar-refractivity contribution < 1.29 is 4.79 Å². The topological polar surface area (TPSA) is 23.6 Å². The van der Waals surface area contributed by atoms with Crippen molar-refractivity contribution in [1.29, 1.82) is 0 Å². The van der Waals surface area contributed by atoms with Crippen LogP contribution in [0.2, 0.25) is 0 Å². The fourth-order valence-corrected chi connectivity index (χ4v) is 3.26. The molecule has 0 N–H and O–H groups in total. The van der Waals surface area contributed by atoms with E-state index in [-0.39, 0.29) is 5.41 Å². The smallest absolute Gasteiger partial charge is 0.223 e. The van der Waals surface area contributed by atoms with Gasteiger partial charge in [-0.3, -0.25) is 4.79 Å². The molecule has 116 valence electrons. The van der Waals surface area contributed by atoms with Crippen LogP contribution in [0.1, 0.15) is 54.4 Å². The molecule has 3 heteroatoms. The van der Waals surface area contributed by atoms with Gasteiger partial charge >= 0.3 is 0 Å². The Kier molecular flexibility index (Phi) is 3.96. The highest BCUT2D eigenvalue weighted by molar-refractivity contribution is 5.78. The van der Waals surface area contributed by atoms with Crippen molar-refractivity contribution in [3.8, 4) is 0 Å². The van der Waals surface area contributed by atoms with Gasteiger partial charge in [-0.15, -0.1) is 0 Å². The van der Waals surface area contributed by atoms with E-state index in [4.69, 9.17) is 0 Å². The van der Waals surface area contributed by atoms with Gasteiger partial charge in [-0.1, -0.05) is 41.5 Å². The maximum absolute atomic E-state index is 12.1. The zero-order chi connectivity index (χ0) is 15.2. The Hall–Kier alpha value is -0.570. The normalized spacial score (nSPS) is 22.6. The first-order valence-corrected chi connectivity index (χ1v) is 7.98. The first kappa shape index (κ1) is 15.8. The number of hydrogen-bond acceptors (Lipinski definition) is 2. The van der Waals surface area contributed by atoms with Crippen molar-refractivity contribution in [3.05, 3.63) is 0 Å². The van der Waals surface area contributed by atoms with Crippen LogP contribution in [0.5, 0.6) is 0 Å². The van der Waals surface area contributed by atoms with E-state index in [1.54, 1.807) is 0 Å². The predicted octanol–water partition coefficient (Wildman–Crippen LogP) is 3.00. The van der Waals surface area contributed by atoms with Crippen LogP contribution < -0.4 is 0 Å². The molecule has 2 aliphatic rings. The molecule has 0 aromatic heterocycles. The third-order valence-electron chi connectivity index (χ3n) is 4.38. The first-order chi connectivity index (χ1) is 8.98. The Morgan fingerprint density at radius 1 is 0.950 bits per heavy atom. The molecule has 1 amide bonds.